The minimum Gasteiger partial charge on any atom is -0.616 e. The molecule has 1 aliphatic rings. The summed E-state index contributed by atoms with van der Waals surface area (Å²) in [6, 6.07) is 9.97. The van der Waals surface area contributed by atoms with Crippen LogP contribution in [0.25, 0.3) is 11.0 Å². The highest BCUT2D eigenvalue weighted by molar-refractivity contribution is 7.99. The van der Waals surface area contributed by atoms with Gasteiger partial charge in [0, 0.05) is 11.4 Å². The van der Waals surface area contributed by atoms with Crippen molar-refractivity contribution >= 4 is 45.7 Å². The Kier molecular flexibility index (Phi) is 6.10. The maximum absolute atomic E-state index is 11.8. The van der Waals surface area contributed by atoms with E-state index in [4.69, 9.17) is 5.11 Å². The Morgan fingerprint density at radius 3 is 2.64 bits per heavy atom. The number of aliphatic hydroxyl groups is 1. The van der Waals surface area contributed by atoms with Crippen molar-refractivity contribution in [2.45, 2.75) is 9.92 Å². The van der Waals surface area contributed by atoms with E-state index < -0.39 is 11.2 Å². The minimum absolute atomic E-state index is 0.0175. The maximum atomic E-state index is 11.8. The van der Waals surface area contributed by atoms with Crippen LogP contribution in [0.4, 0.5) is 11.8 Å². The number of aliphatic hydroxyl groups excluding tert-OH is 1. The summed E-state index contributed by atoms with van der Waals surface area (Å²) in [4.78, 5) is 21.3. The number of nitrogens with one attached hydrogen (secondary N) is 1. The lowest BCUT2D eigenvalue weighted by molar-refractivity contribution is 0.311. The molecule has 146 valence electrons. The molecule has 0 spiro atoms. The van der Waals surface area contributed by atoms with Crippen molar-refractivity contribution in [3.8, 4) is 0 Å². The molecule has 4 rings (SSSR count). The first kappa shape index (κ1) is 19.2. The van der Waals surface area contributed by atoms with Gasteiger partial charge in [-0.3, -0.25) is 0 Å². The van der Waals surface area contributed by atoms with E-state index in [0.29, 0.717) is 53.9 Å². The highest BCUT2D eigenvalue weighted by Crippen LogP contribution is 2.33. The molecule has 28 heavy (non-hydrogen) atoms. The van der Waals surface area contributed by atoms with Crippen LogP contribution in [0.5, 0.6) is 0 Å². The molecule has 1 fully saturated rings. The number of anilines is 2. The highest BCUT2D eigenvalue weighted by Gasteiger charge is 2.24. The van der Waals surface area contributed by atoms with Crippen molar-refractivity contribution in [1.82, 2.24) is 19.9 Å². The summed E-state index contributed by atoms with van der Waals surface area (Å²) in [5.41, 5.74) is 1.34. The number of rotatable bonds is 6. The predicted octanol–water partition coefficient (Wildman–Crippen LogP) is 1.54. The Morgan fingerprint density at radius 1 is 1.11 bits per heavy atom. The number of hydrogen-bond acceptors (Lipinski definition) is 9. The van der Waals surface area contributed by atoms with Crippen molar-refractivity contribution in [2.75, 3.05) is 48.0 Å². The van der Waals surface area contributed by atoms with Gasteiger partial charge in [0.1, 0.15) is 33.9 Å². The van der Waals surface area contributed by atoms with Gasteiger partial charge in [-0.05, 0) is 12.1 Å². The van der Waals surface area contributed by atoms with Gasteiger partial charge in [-0.15, -0.1) is 0 Å². The maximum Gasteiger partial charge on any atom is 0.225 e. The lowest BCUT2D eigenvalue weighted by Crippen LogP contribution is -2.41. The molecular formula is C18H20N6O2S2. The van der Waals surface area contributed by atoms with Gasteiger partial charge < -0.3 is 19.9 Å². The van der Waals surface area contributed by atoms with Crippen LogP contribution >= 0.6 is 11.8 Å². The minimum atomic E-state index is -0.780. The van der Waals surface area contributed by atoms with Crippen LogP contribution < -0.4 is 10.2 Å². The molecule has 2 N–H and O–H groups in total. The van der Waals surface area contributed by atoms with E-state index >= 15 is 0 Å². The highest BCUT2D eigenvalue weighted by atomic mass is 32.2. The molecule has 10 heteroatoms. The molecule has 3 aromatic rings. The summed E-state index contributed by atoms with van der Waals surface area (Å²) >= 11 is 0.740. The Labute approximate surface area is 170 Å². The summed E-state index contributed by atoms with van der Waals surface area (Å²) in [5, 5.41) is 12.9. The van der Waals surface area contributed by atoms with Crippen LogP contribution in [-0.4, -0.2) is 67.3 Å². The topological polar surface area (TPSA) is 110 Å². The largest absolute Gasteiger partial charge is 0.616 e. The SMILES string of the molecule is [O-][S+]1CCN(c2nc(NCCO)nc3c(Sc4ccccc4)ncnc23)CC1. The van der Waals surface area contributed by atoms with Crippen LogP contribution in [0.1, 0.15) is 0 Å². The molecule has 0 bridgehead atoms. The standard InChI is InChI=1S/C18H20N6O2S2/c25-9-6-19-18-22-15-14(16(23-18)24-7-10-28(26)11-8-24)20-12-21-17(15)27-13-4-2-1-3-5-13/h1-5,12,25H,6-11H2,(H,19,22,23). The second-order valence-corrected chi connectivity index (χ2v) is 8.91. The molecule has 3 heterocycles. The fraction of sp³-hybridized carbons (Fsp3) is 0.333. The van der Waals surface area contributed by atoms with Crippen LogP contribution in [0.3, 0.4) is 0 Å². The van der Waals surface area contributed by atoms with Gasteiger partial charge in [0.15, 0.2) is 5.82 Å². The fourth-order valence-electron chi connectivity index (χ4n) is 2.90. The average molecular weight is 417 g/mol. The van der Waals surface area contributed by atoms with Crippen molar-refractivity contribution in [3.63, 3.8) is 0 Å². The molecule has 0 aliphatic carbocycles. The van der Waals surface area contributed by atoms with Crippen LogP contribution in [-0.2, 0) is 11.2 Å². The van der Waals surface area contributed by atoms with Gasteiger partial charge in [-0.1, -0.05) is 41.1 Å². The molecule has 2 aromatic heterocycles. The summed E-state index contributed by atoms with van der Waals surface area (Å²) in [7, 11) is 0. The predicted molar refractivity (Wildman–Crippen MR) is 111 cm³/mol. The molecule has 0 unspecified atom stereocenters. The van der Waals surface area contributed by atoms with Gasteiger partial charge in [0.05, 0.1) is 19.7 Å². The number of benzene rings is 1. The van der Waals surface area contributed by atoms with Gasteiger partial charge >= 0.3 is 0 Å². The molecule has 8 nitrogen and oxygen atoms in total. The molecule has 1 aliphatic heterocycles. The zero-order valence-electron chi connectivity index (χ0n) is 15.1. The van der Waals surface area contributed by atoms with Gasteiger partial charge in [-0.2, -0.15) is 4.98 Å². The molecule has 0 atom stereocenters. The van der Waals surface area contributed by atoms with Crippen LogP contribution in [0.15, 0.2) is 46.6 Å². The fourth-order valence-corrected chi connectivity index (χ4v) is 4.81. The van der Waals surface area contributed by atoms with Crippen LogP contribution in [0.2, 0.25) is 0 Å². The van der Waals surface area contributed by atoms with E-state index in [0.717, 1.165) is 9.92 Å². The van der Waals surface area contributed by atoms with Crippen molar-refractivity contribution in [3.05, 3.63) is 36.7 Å². The number of fused-ring (bicyclic) bond motifs is 1. The first-order chi connectivity index (χ1) is 13.7. The monoisotopic (exact) mass is 416 g/mol. The third-order valence-electron chi connectivity index (χ3n) is 4.26. The quantitative estimate of drug-likeness (QED) is 0.457. The summed E-state index contributed by atoms with van der Waals surface area (Å²) in [5.74, 6) is 2.36. The number of nitrogens with zero attached hydrogens (tertiary/aromatic N) is 5. The average Bonchev–Trinajstić information content (AvgIpc) is 2.73. The van der Waals surface area contributed by atoms with E-state index in [-0.39, 0.29) is 6.61 Å². The van der Waals surface area contributed by atoms with E-state index in [9.17, 15) is 4.55 Å². The van der Waals surface area contributed by atoms with Crippen molar-refractivity contribution < 1.29 is 9.66 Å². The summed E-state index contributed by atoms with van der Waals surface area (Å²) < 4.78 is 11.8. The third-order valence-corrected chi connectivity index (χ3v) is 6.54. The van der Waals surface area contributed by atoms with E-state index in [2.05, 4.69) is 30.2 Å². The second-order valence-electron chi connectivity index (χ2n) is 6.15. The number of hydrogen-bond donors (Lipinski definition) is 2. The zero-order chi connectivity index (χ0) is 19.3. The number of aromatic nitrogens is 4. The van der Waals surface area contributed by atoms with Gasteiger partial charge in [-0.25, -0.2) is 15.0 Å². The van der Waals surface area contributed by atoms with E-state index in [1.165, 1.54) is 18.1 Å². The van der Waals surface area contributed by atoms with Crippen molar-refractivity contribution in [2.24, 2.45) is 0 Å². The van der Waals surface area contributed by atoms with Crippen molar-refractivity contribution in [1.29, 1.82) is 0 Å². The first-order valence-electron chi connectivity index (χ1n) is 8.95. The zero-order valence-corrected chi connectivity index (χ0v) is 16.7. The molecule has 0 saturated carbocycles. The molecular weight excluding hydrogens is 396 g/mol. The summed E-state index contributed by atoms with van der Waals surface area (Å²) in [6.07, 6.45) is 1.53. The molecule has 1 saturated heterocycles. The molecule has 0 radical (unpaired) electrons. The second kappa shape index (κ2) is 8.91. The Hall–Kier alpha value is -2.14. The Morgan fingerprint density at radius 2 is 1.89 bits per heavy atom. The summed E-state index contributed by atoms with van der Waals surface area (Å²) in [6.45, 7) is 1.65. The van der Waals surface area contributed by atoms with E-state index in [1.54, 1.807) is 0 Å². The Balaban J connectivity index is 1.77. The first-order valence-corrected chi connectivity index (χ1v) is 11.3. The lowest BCUT2D eigenvalue weighted by Gasteiger charge is -2.29. The van der Waals surface area contributed by atoms with Gasteiger partial charge in [0.25, 0.3) is 0 Å². The molecule has 1 aromatic carbocycles. The molecule has 0 amide bonds. The third kappa shape index (κ3) is 4.30. The normalized spacial score (nSPS) is 15.1. The smallest absolute Gasteiger partial charge is 0.225 e. The lowest BCUT2D eigenvalue weighted by atomic mass is 10.3. The Bertz CT molecular complexity index is 938. The van der Waals surface area contributed by atoms with Gasteiger partial charge in [0.2, 0.25) is 5.95 Å². The van der Waals surface area contributed by atoms with Crippen LogP contribution in [0, 0.1) is 0 Å². The van der Waals surface area contributed by atoms with E-state index in [1.807, 2.05) is 30.3 Å².